The van der Waals surface area contributed by atoms with E-state index in [0.29, 0.717) is 17.9 Å². The number of hydrogen-bond donors (Lipinski definition) is 1. The van der Waals surface area contributed by atoms with E-state index < -0.39 is 0 Å². The van der Waals surface area contributed by atoms with E-state index in [-0.39, 0.29) is 0 Å². The molecule has 0 aliphatic heterocycles. The standard InChI is InChI=1S/C15H27NO/c1-10(2)5-4-6-11(3)16-15(17)14-8-12-7-13(12)9-14/h10-14H,4-9H2,1-3H3,(H,16,17). The van der Waals surface area contributed by atoms with Gasteiger partial charge < -0.3 is 5.32 Å². The predicted molar refractivity (Wildman–Crippen MR) is 70.6 cm³/mol. The van der Waals surface area contributed by atoms with Gasteiger partial charge in [0.15, 0.2) is 0 Å². The first-order valence-corrected chi connectivity index (χ1v) is 7.36. The minimum atomic E-state index is 0.328. The number of carbonyl (C=O) groups excluding carboxylic acids is 1. The monoisotopic (exact) mass is 237 g/mol. The van der Waals surface area contributed by atoms with Crippen LogP contribution in [0.5, 0.6) is 0 Å². The molecule has 0 aromatic rings. The molecule has 3 unspecified atom stereocenters. The van der Waals surface area contributed by atoms with Crippen molar-refractivity contribution in [2.45, 2.75) is 65.3 Å². The van der Waals surface area contributed by atoms with Gasteiger partial charge in [-0.1, -0.05) is 26.7 Å². The van der Waals surface area contributed by atoms with Crippen LogP contribution in [0.4, 0.5) is 0 Å². The normalized spacial score (nSPS) is 32.4. The number of rotatable bonds is 6. The molecule has 1 amide bonds. The van der Waals surface area contributed by atoms with Crippen LogP contribution in [-0.4, -0.2) is 11.9 Å². The van der Waals surface area contributed by atoms with Crippen LogP contribution in [0, 0.1) is 23.7 Å². The SMILES string of the molecule is CC(C)CCCC(C)NC(=O)C1CC2CC2C1. The summed E-state index contributed by atoms with van der Waals surface area (Å²) in [5.74, 6) is 3.25. The maximum absolute atomic E-state index is 12.0. The Morgan fingerprint density at radius 2 is 1.76 bits per heavy atom. The van der Waals surface area contributed by atoms with E-state index in [0.717, 1.165) is 37.0 Å². The molecule has 2 aliphatic rings. The zero-order chi connectivity index (χ0) is 12.4. The van der Waals surface area contributed by atoms with Crippen molar-refractivity contribution < 1.29 is 4.79 Å². The largest absolute Gasteiger partial charge is 0.353 e. The molecule has 0 heterocycles. The highest BCUT2D eigenvalue weighted by atomic mass is 16.1. The highest BCUT2D eigenvalue weighted by Crippen LogP contribution is 2.54. The molecule has 0 aromatic heterocycles. The van der Waals surface area contributed by atoms with Crippen molar-refractivity contribution >= 4 is 5.91 Å². The lowest BCUT2D eigenvalue weighted by atomic mass is 10.0. The molecule has 2 saturated carbocycles. The van der Waals surface area contributed by atoms with Crippen molar-refractivity contribution in [1.82, 2.24) is 5.32 Å². The predicted octanol–water partition coefficient (Wildman–Crippen LogP) is 3.36. The maximum atomic E-state index is 12.0. The van der Waals surface area contributed by atoms with Gasteiger partial charge in [0.2, 0.25) is 5.91 Å². The van der Waals surface area contributed by atoms with Gasteiger partial charge in [-0.3, -0.25) is 4.79 Å². The van der Waals surface area contributed by atoms with Crippen LogP contribution in [0.2, 0.25) is 0 Å². The molecular weight excluding hydrogens is 210 g/mol. The van der Waals surface area contributed by atoms with E-state index in [9.17, 15) is 4.79 Å². The van der Waals surface area contributed by atoms with E-state index in [4.69, 9.17) is 0 Å². The second-order valence-corrected chi connectivity index (χ2v) is 6.66. The van der Waals surface area contributed by atoms with Crippen LogP contribution < -0.4 is 5.32 Å². The van der Waals surface area contributed by atoms with Crippen molar-refractivity contribution in [3.8, 4) is 0 Å². The Morgan fingerprint density at radius 1 is 1.12 bits per heavy atom. The Balaban J connectivity index is 1.60. The quantitative estimate of drug-likeness (QED) is 0.754. The molecule has 3 atom stereocenters. The average molecular weight is 237 g/mol. The van der Waals surface area contributed by atoms with Crippen molar-refractivity contribution in [1.29, 1.82) is 0 Å². The van der Waals surface area contributed by atoms with Crippen molar-refractivity contribution in [3.63, 3.8) is 0 Å². The summed E-state index contributed by atoms with van der Waals surface area (Å²) in [6, 6.07) is 0.359. The van der Waals surface area contributed by atoms with E-state index >= 15 is 0 Å². The van der Waals surface area contributed by atoms with Crippen LogP contribution >= 0.6 is 0 Å². The molecule has 17 heavy (non-hydrogen) atoms. The molecule has 0 radical (unpaired) electrons. The lowest BCUT2D eigenvalue weighted by Gasteiger charge is -2.18. The molecule has 2 rings (SSSR count). The summed E-state index contributed by atoms with van der Waals surface area (Å²) in [5, 5.41) is 3.20. The summed E-state index contributed by atoms with van der Waals surface area (Å²) in [6.45, 7) is 6.66. The molecule has 0 bridgehead atoms. The van der Waals surface area contributed by atoms with Crippen LogP contribution in [0.25, 0.3) is 0 Å². The Kier molecular flexibility index (Phi) is 4.11. The first-order valence-electron chi connectivity index (χ1n) is 7.36. The van der Waals surface area contributed by atoms with Gasteiger partial charge in [0.25, 0.3) is 0 Å². The summed E-state index contributed by atoms with van der Waals surface area (Å²) < 4.78 is 0. The fourth-order valence-corrected chi connectivity index (χ4v) is 3.19. The van der Waals surface area contributed by atoms with E-state index in [2.05, 4.69) is 26.1 Å². The Hall–Kier alpha value is -0.530. The Bertz CT molecular complexity index is 264. The topological polar surface area (TPSA) is 29.1 Å². The van der Waals surface area contributed by atoms with Crippen LogP contribution in [-0.2, 0) is 4.79 Å². The molecule has 0 spiro atoms. The number of fused-ring (bicyclic) bond motifs is 1. The number of amides is 1. The molecule has 2 fully saturated rings. The van der Waals surface area contributed by atoms with Crippen LogP contribution in [0.1, 0.15) is 59.3 Å². The first kappa shape index (κ1) is 12.9. The van der Waals surface area contributed by atoms with Crippen molar-refractivity contribution in [2.24, 2.45) is 23.7 Å². The Labute approximate surface area is 106 Å². The lowest BCUT2D eigenvalue weighted by Crippen LogP contribution is -2.36. The number of nitrogens with one attached hydrogen (secondary N) is 1. The minimum Gasteiger partial charge on any atom is -0.353 e. The number of hydrogen-bond acceptors (Lipinski definition) is 1. The van der Waals surface area contributed by atoms with Gasteiger partial charge in [-0.25, -0.2) is 0 Å². The summed E-state index contributed by atoms with van der Waals surface area (Å²) >= 11 is 0. The van der Waals surface area contributed by atoms with Crippen molar-refractivity contribution in [3.05, 3.63) is 0 Å². The Morgan fingerprint density at radius 3 is 2.35 bits per heavy atom. The minimum absolute atomic E-state index is 0.328. The third-order valence-corrected chi connectivity index (χ3v) is 4.42. The summed E-state index contributed by atoms with van der Waals surface area (Å²) in [5.41, 5.74) is 0. The molecule has 98 valence electrons. The molecular formula is C15H27NO. The van der Waals surface area contributed by atoms with Crippen molar-refractivity contribution in [2.75, 3.05) is 0 Å². The highest BCUT2D eigenvalue weighted by Gasteiger charge is 2.47. The molecule has 0 saturated heterocycles. The molecule has 2 aliphatic carbocycles. The molecule has 1 N–H and O–H groups in total. The fraction of sp³-hybridized carbons (Fsp3) is 0.933. The van der Waals surface area contributed by atoms with Gasteiger partial charge in [0, 0.05) is 12.0 Å². The summed E-state index contributed by atoms with van der Waals surface area (Å²) in [7, 11) is 0. The van der Waals surface area contributed by atoms with Gasteiger partial charge in [0.1, 0.15) is 0 Å². The van der Waals surface area contributed by atoms with Gasteiger partial charge in [-0.05, 0) is 50.4 Å². The molecule has 0 aromatic carbocycles. The summed E-state index contributed by atoms with van der Waals surface area (Å²) in [6.07, 6.45) is 7.35. The maximum Gasteiger partial charge on any atom is 0.223 e. The smallest absolute Gasteiger partial charge is 0.223 e. The lowest BCUT2D eigenvalue weighted by molar-refractivity contribution is -0.125. The zero-order valence-electron chi connectivity index (χ0n) is 11.5. The highest BCUT2D eigenvalue weighted by molar-refractivity contribution is 5.79. The molecule has 2 nitrogen and oxygen atoms in total. The van der Waals surface area contributed by atoms with E-state index in [1.165, 1.54) is 19.3 Å². The molecule has 2 heteroatoms. The van der Waals surface area contributed by atoms with Gasteiger partial charge in [-0.15, -0.1) is 0 Å². The van der Waals surface area contributed by atoms with Gasteiger partial charge >= 0.3 is 0 Å². The van der Waals surface area contributed by atoms with E-state index in [1.54, 1.807) is 0 Å². The van der Waals surface area contributed by atoms with Crippen LogP contribution in [0.15, 0.2) is 0 Å². The second-order valence-electron chi connectivity index (χ2n) is 6.66. The fourth-order valence-electron chi connectivity index (χ4n) is 3.19. The zero-order valence-corrected chi connectivity index (χ0v) is 11.5. The van der Waals surface area contributed by atoms with Gasteiger partial charge in [0.05, 0.1) is 0 Å². The summed E-state index contributed by atoms with van der Waals surface area (Å²) in [4.78, 5) is 12.0. The first-order chi connectivity index (χ1) is 8.06. The second kappa shape index (κ2) is 5.41. The average Bonchev–Trinajstić information content (AvgIpc) is 2.85. The third kappa shape index (κ3) is 3.72. The number of carbonyl (C=O) groups is 1. The van der Waals surface area contributed by atoms with E-state index in [1.807, 2.05) is 0 Å². The van der Waals surface area contributed by atoms with Crippen LogP contribution in [0.3, 0.4) is 0 Å². The van der Waals surface area contributed by atoms with Gasteiger partial charge in [-0.2, -0.15) is 0 Å². The third-order valence-electron chi connectivity index (χ3n) is 4.42.